The first kappa shape index (κ1) is 18.5. The van der Waals surface area contributed by atoms with Crippen molar-refractivity contribution in [3.8, 4) is 5.75 Å². The van der Waals surface area contributed by atoms with E-state index in [1.54, 1.807) is 12.3 Å². The van der Waals surface area contributed by atoms with Gasteiger partial charge in [0, 0.05) is 11.3 Å². The molecular weight excluding hydrogens is 338 g/mol. The van der Waals surface area contributed by atoms with Crippen molar-refractivity contribution in [2.24, 2.45) is 0 Å². The minimum absolute atomic E-state index is 0.142. The average Bonchev–Trinajstić information content (AvgIpc) is 2.65. The van der Waals surface area contributed by atoms with E-state index in [0.717, 1.165) is 17.0 Å². The lowest BCUT2D eigenvalue weighted by Crippen LogP contribution is -2.13. The number of anilines is 3. The van der Waals surface area contributed by atoms with Gasteiger partial charge in [-0.15, -0.1) is 0 Å². The van der Waals surface area contributed by atoms with Gasteiger partial charge in [0.1, 0.15) is 11.6 Å². The van der Waals surface area contributed by atoms with Crippen molar-refractivity contribution in [3.63, 3.8) is 0 Å². The summed E-state index contributed by atoms with van der Waals surface area (Å²) in [5.74, 6) is 1.38. The summed E-state index contributed by atoms with van der Waals surface area (Å²) in [6.07, 6.45) is 1.78. The van der Waals surface area contributed by atoms with Crippen molar-refractivity contribution in [2.45, 2.75) is 26.9 Å². The first-order valence-electron chi connectivity index (χ1n) is 8.88. The van der Waals surface area contributed by atoms with Gasteiger partial charge in [-0.25, -0.2) is 4.98 Å². The van der Waals surface area contributed by atoms with Gasteiger partial charge in [-0.2, -0.15) is 0 Å². The number of rotatable bonds is 6. The first-order valence-corrected chi connectivity index (χ1v) is 8.88. The van der Waals surface area contributed by atoms with Crippen LogP contribution in [0.15, 0.2) is 66.9 Å². The molecule has 2 N–H and O–H groups in total. The summed E-state index contributed by atoms with van der Waals surface area (Å²) < 4.78 is 5.63. The second-order valence-electron chi connectivity index (χ2n) is 6.52. The molecule has 0 aliphatic carbocycles. The van der Waals surface area contributed by atoms with E-state index in [-0.39, 0.29) is 12.0 Å². The topological polar surface area (TPSA) is 63.2 Å². The van der Waals surface area contributed by atoms with Gasteiger partial charge in [-0.3, -0.25) is 4.79 Å². The minimum Gasteiger partial charge on any atom is -0.491 e. The van der Waals surface area contributed by atoms with Crippen molar-refractivity contribution in [1.82, 2.24) is 4.98 Å². The Morgan fingerprint density at radius 3 is 2.30 bits per heavy atom. The molecular formula is C22H23N3O2. The van der Waals surface area contributed by atoms with Gasteiger partial charge in [0.15, 0.2) is 0 Å². The molecule has 0 atom stereocenters. The largest absolute Gasteiger partial charge is 0.491 e. The Hall–Kier alpha value is -3.34. The van der Waals surface area contributed by atoms with Crippen molar-refractivity contribution >= 4 is 23.1 Å². The van der Waals surface area contributed by atoms with Crippen LogP contribution in [0.4, 0.5) is 17.2 Å². The number of nitrogens with one attached hydrogen (secondary N) is 2. The number of benzene rings is 2. The summed E-state index contributed by atoms with van der Waals surface area (Å²) in [5.41, 5.74) is 3.15. The fraction of sp³-hybridized carbons (Fsp3) is 0.182. The number of ether oxygens (including phenoxy) is 1. The second kappa shape index (κ2) is 8.36. The molecule has 5 nitrogen and oxygen atoms in total. The summed E-state index contributed by atoms with van der Waals surface area (Å²) in [6, 6.07) is 18.8. The van der Waals surface area contributed by atoms with E-state index >= 15 is 0 Å². The van der Waals surface area contributed by atoms with Crippen LogP contribution in [0.5, 0.6) is 5.75 Å². The number of hydrogen-bond donors (Lipinski definition) is 2. The average molecular weight is 361 g/mol. The standard InChI is InChI=1S/C22H23N3O2/c1-15(2)27-19-11-8-17(9-12-19)24-21-13-10-18(14-23-21)25-22(26)20-7-5-4-6-16(20)3/h4-15H,1-3H3,(H,23,24)(H,25,26). The van der Waals surface area contributed by atoms with Gasteiger partial charge in [0.25, 0.3) is 5.91 Å². The molecule has 0 radical (unpaired) electrons. The van der Waals surface area contributed by atoms with E-state index in [1.807, 2.05) is 75.4 Å². The molecule has 1 amide bonds. The van der Waals surface area contributed by atoms with E-state index < -0.39 is 0 Å². The van der Waals surface area contributed by atoms with Gasteiger partial charge in [0.2, 0.25) is 0 Å². The van der Waals surface area contributed by atoms with Gasteiger partial charge >= 0.3 is 0 Å². The number of nitrogens with zero attached hydrogens (tertiary/aromatic N) is 1. The van der Waals surface area contributed by atoms with Gasteiger partial charge in [-0.05, 0) is 68.8 Å². The summed E-state index contributed by atoms with van der Waals surface area (Å²) in [6.45, 7) is 5.91. The lowest BCUT2D eigenvalue weighted by Gasteiger charge is -2.11. The number of hydrogen-bond acceptors (Lipinski definition) is 4. The number of amides is 1. The van der Waals surface area contributed by atoms with E-state index in [1.165, 1.54) is 0 Å². The SMILES string of the molecule is Cc1ccccc1C(=O)Nc1ccc(Nc2ccc(OC(C)C)cc2)nc1. The van der Waals surface area contributed by atoms with Crippen LogP contribution in [-0.2, 0) is 0 Å². The highest BCUT2D eigenvalue weighted by Crippen LogP contribution is 2.21. The quantitative estimate of drug-likeness (QED) is 0.635. The lowest BCUT2D eigenvalue weighted by atomic mass is 10.1. The third kappa shape index (κ3) is 5.07. The molecule has 0 bridgehead atoms. The predicted molar refractivity (Wildman–Crippen MR) is 109 cm³/mol. The van der Waals surface area contributed by atoms with Crippen LogP contribution in [0.2, 0.25) is 0 Å². The van der Waals surface area contributed by atoms with Crippen LogP contribution in [0, 0.1) is 6.92 Å². The Labute approximate surface area is 159 Å². The zero-order valence-corrected chi connectivity index (χ0v) is 15.7. The Balaban J connectivity index is 1.62. The van der Waals surface area contributed by atoms with Crippen molar-refractivity contribution in [2.75, 3.05) is 10.6 Å². The highest BCUT2D eigenvalue weighted by Gasteiger charge is 2.08. The Morgan fingerprint density at radius 1 is 0.963 bits per heavy atom. The molecule has 0 spiro atoms. The first-order chi connectivity index (χ1) is 13.0. The normalized spacial score (nSPS) is 10.5. The smallest absolute Gasteiger partial charge is 0.255 e. The van der Waals surface area contributed by atoms with Gasteiger partial charge in [-0.1, -0.05) is 18.2 Å². The van der Waals surface area contributed by atoms with E-state index in [4.69, 9.17) is 4.74 Å². The van der Waals surface area contributed by atoms with Crippen LogP contribution in [0.25, 0.3) is 0 Å². The lowest BCUT2D eigenvalue weighted by molar-refractivity contribution is 0.102. The van der Waals surface area contributed by atoms with Gasteiger partial charge in [0.05, 0.1) is 18.0 Å². The summed E-state index contributed by atoms with van der Waals surface area (Å²) in [4.78, 5) is 16.7. The molecule has 0 fully saturated rings. The van der Waals surface area contributed by atoms with E-state index in [9.17, 15) is 4.79 Å². The fourth-order valence-corrected chi connectivity index (χ4v) is 2.60. The molecule has 0 saturated heterocycles. The molecule has 27 heavy (non-hydrogen) atoms. The zero-order valence-electron chi connectivity index (χ0n) is 15.7. The van der Waals surface area contributed by atoms with Gasteiger partial charge < -0.3 is 15.4 Å². The molecule has 3 aromatic rings. The Morgan fingerprint density at radius 2 is 1.67 bits per heavy atom. The minimum atomic E-state index is -0.142. The maximum atomic E-state index is 12.4. The molecule has 5 heteroatoms. The number of carbonyl (C=O) groups excluding carboxylic acids is 1. The maximum Gasteiger partial charge on any atom is 0.255 e. The van der Waals surface area contributed by atoms with Crippen molar-refractivity contribution in [1.29, 1.82) is 0 Å². The van der Waals surface area contributed by atoms with E-state index in [0.29, 0.717) is 17.1 Å². The summed E-state index contributed by atoms with van der Waals surface area (Å²) in [5, 5.41) is 6.10. The summed E-state index contributed by atoms with van der Waals surface area (Å²) >= 11 is 0. The van der Waals surface area contributed by atoms with Crippen LogP contribution in [0.1, 0.15) is 29.8 Å². The number of aromatic nitrogens is 1. The van der Waals surface area contributed by atoms with Crippen molar-refractivity contribution in [3.05, 3.63) is 78.0 Å². The monoisotopic (exact) mass is 361 g/mol. The molecule has 0 aliphatic heterocycles. The number of pyridine rings is 1. The molecule has 0 aliphatic rings. The van der Waals surface area contributed by atoms with Crippen LogP contribution < -0.4 is 15.4 Å². The number of aryl methyl sites for hydroxylation is 1. The Bertz CT molecular complexity index is 904. The molecule has 2 aromatic carbocycles. The number of carbonyl (C=O) groups is 1. The molecule has 1 heterocycles. The second-order valence-corrected chi connectivity index (χ2v) is 6.52. The van der Waals surface area contributed by atoms with Crippen LogP contribution in [-0.4, -0.2) is 17.0 Å². The van der Waals surface area contributed by atoms with Crippen molar-refractivity contribution < 1.29 is 9.53 Å². The third-order valence-corrected chi connectivity index (χ3v) is 3.91. The molecule has 1 aromatic heterocycles. The Kier molecular flexibility index (Phi) is 5.71. The molecule has 0 unspecified atom stereocenters. The molecule has 3 rings (SSSR count). The highest BCUT2D eigenvalue weighted by atomic mass is 16.5. The zero-order chi connectivity index (χ0) is 19.2. The van der Waals surface area contributed by atoms with Crippen LogP contribution >= 0.6 is 0 Å². The summed E-state index contributed by atoms with van der Waals surface area (Å²) in [7, 11) is 0. The molecule has 0 saturated carbocycles. The molecule has 138 valence electrons. The third-order valence-electron chi connectivity index (χ3n) is 3.91. The maximum absolute atomic E-state index is 12.4. The predicted octanol–water partition coefficient (Wildman–Crippen LogP) is 5.17. The highest BCUT2D eigenvalue weighted by molar-refractivity contribution is 6.05. The van der Waals surface area contributed by atoms with Crippen LogP contribution in [0.3, 0.4) is 0 Å². The van der Waals surface area contributed by atoms with E-state index in [2.05, 4.69) is 15.6 Å². The fourth-order valence-electron chi connectivity index (χ4n) is 2.60.